The molecule has 1 aliphatic rings. The minimum atomic E-state index is -0.109. The smallest absolute Gasteiger partial charge is 0.168 e. The van der Waals surface area contributed by atoms with Crippen molar-refractivity contribution in [2.75, 3.05) is 6.61 Å². The zero-order valence-corrected chi connectivity index (χ0v) is 11.6. The highest BCUT2D eigenvalue weighted by atomic mass is 16.5. The number of aromatic nitrogens is 2. The van der Waals surface area contributed by atoms with Crippen molar-refractivity contribution in [2.24, 2.45) is 0 Å². The summed E-state index contributed by atoms with van der Waals surface area (Å²) in [6, 6.07) is 9.96. The molecule has 0 saturated carbocycles. The number of aryl methyl sites for hydroxylation is 1. The van der Waals surface area contributed by atoms with Crippen LogP contribution in [-0.4, -0.2) is 22.7 Å². The fourth-order valence-corrected chi connectivity index (χ4v) is 2.59. The predicted molar refractivity (Wildman–Crippen MR) is 76.6 cm³/mol. The summed E-state index contributed by atoms with van der Waals surface area (Å²) in [5, 5.41) is 4.58. The molecule has 1 saturated heterocycles. The van der Waals surface area contributed by atoms with E-state index in [1.54, 1.807) is 4.68 Å². The van der Waals surface area contributed by atoms with E-state index in [0.717, 1.165) is 43.4 Å². The summed E-state index contributed by atoms with van der Waals surface area (Å²) in [6.07, 6.45) is 3.85. The number of hydrogen-bond acceptors (Lipinski definition) is 3. The molecule has 1 atom stereocenters. The lowest BCUT2D eigenvalue weighted by Crippen LogP contribution is -2.20. The molecule has 4 heteroatoms. The Morgan fingerprint density at radius 3 is 2.95 bits per heavy atom. The van der Waals surface area contributed by atoms with Gasteiger partial charge in [0, 0.05) is 12.2 Å². The van der Waals surface area contributed by atoms with Crippen LogP contribution in [0.15, 0.2) is 30.3 Å². The Hall–Kier alpha value is -1.94. The molecule has 1 aliphatic heterocycles. The van der Waals surface area contributed by atoms with Gasteiger partial charge in [0.1, 0.15) is 5.69 Å². The van der Waals surface area contributed by atoms with Gasteiger partial charge in [-0.1, -0.05) is 23.8 Å². The molecule has 2 heterocycles. The van der Waals surface area contributed by atoms with E-state index in [0.29, 0.717) is 5.69 Å². The van der Waals surface area contributed by atoms with Gasteiger partial charge in [-0.05, 0) is 38.3 Å². The van der Waals surface area contributed by atoms with Crippen LogP contribution in [0.4, 0.5) is 0 Å². The zero-order chi connectivity index (χ0) is 13.9. The largest absolute Gasteiger partial charge is 0.356 e. The molecule has 1 unspecified atom stereocenters. The first-order chi connectivity index (χ1) is 9.78. The van der Waals surface area contributed by atoms with E-state index in [9.17, 15) is 4.79 Å². The van der Waals surface area contributed by atoms with Crippen molar-refractivity contribution in [3.8, 4) is 11.3 Å². The monoisotopic (exact) mass is 270 g/mol. The summed E-state index contributed by atoms with van der Waals surface area (Å²) in [6.45, 7) is 2.79. The molecular formula is C16H18N2O2. The lowest BCUT2D eigenvalue weighted by molar-refractivity contribution is -0.0401. The highest BCUT2D eigenvalue weighted by molar-refractivity contribution is 5.76. The first kappa shape index (κ1) is 13.1. The second kappa shape index (κ2) is 5.59. The van der Waals surface area contributed by atoms with E-state index in [4.69, 9.17) is 4.74 Å². The van der Waals surface area contributed by atoms with E-state index in [1.807, 2.05) is 31.2 Å². The summed E-state index contributed by atoms with van der Waals surface area (Å²) >= 11 is 0. The van der Waals surface area contributed by atoms with Crippen LogP contribution in [0.5, 0.6) is 0 Å². The molecule has 1 aromatic carbocycles. The summed E-state index contributed by atoms with van der Waals surface area (Å²) < 4.78 is 7.45. The van der Waals surface area contributed by atoms with E-state index in [1.165, 1.54) is 5.56 Å². The zero-order valence-electron chi connectivity index (χ0n) is 11.6. The van der Waals surface area contributed by atoms with E-state index >= 15 is 0 Å². The average molecular weight is 270 g/mol. The van der Waals surface area contributed by atoms with Crippen LogP contribution in [0.1, 0.15) is 41.5 Å². The molecule has 20 heavy (non-hydrogen) atoms. The van der Waals surface area contributed by atoms with Crippen LogP contribution < -0.4 is 0 Å². The second-order valence-electron chi connectivity index (χ2n) is 5.21. The Bertz CT molecular complexity index is 613. The fourth-order valence-electron chi connectivity index (χ4n) is 2.59. The maximum atomic E-state index is 11.3. The number of rotatable bonds is 3. The molecule has 0 aliphatic carbocycles. The molecule has 0 amide bonds. The Labute approximate surface area is 118 Å². The molecule has 0 N–H and O–H groups in total. The first-order valence-corrected chi connectivity index (χ1v) is 7.01. The lowest BCUT2D eigenvalue weighted by Gasteiger charge is -2.23. The van der Waals surface area contributed by atoms with Crippen molar-refractivity contribution >= 4 is 6.29 Å². The van der Waals surface area contributed by atoms with Gasteiger partial charge in [0.05, 0.1) is 5.69 Å². The Balaban J connectivity index is 1.97. The maximum Gasteiger partial charge on any atom is 0.168 e. The standard InChI is InChI=1S/C16H18N2O2/c1-12-5-4-6-13(9-12)15-10-14(11-19)18(17-15)16-7-2-3-8-20-16/h4-6,9-11,16H,2-3,7-8H2,1H3. The Morgan fingerprint density at radius 1 is 1.35 bits per heavy atom. The number of nitrogens with zero attached hydrogens (tertiary/aromatic N) is 2. The molecular weight excluding hydrogens is 252 g/mol. The van der Waals surface area contributed by atoms with E-state index < -0.39 is 0 Å². The summed E-state index contributed by atoms with van der Waals surface area (Å²) in [4.78, 5) is 11.3. The number of ether oxygens (including phenoxy) is 1. The number of carbonyl (C=O) groups is 1. The van der Waals surface area contributed by atoms with Gasteiger partial charge in [-0.2, -0.15) is 5.10 Å². The van der Waals surface area contributed by atoms with Gasteiger partial charge < -0.3 is 4.74 Å². The van der Waals surface area contributed by atoms with Crippen molar-refractivity contribution in [1.82, 2.24) is 9.78 Å². The summed E-state index contributed by atoms with van der Waals surface area (Å²) in [5.74, 6) is 0. The SMILES string of the molecule is Cc1cccc(-c2cc(C=O)n(C3CCCCO3)n2)c1. The molecule has 0 spiro atoms. The third-order valence-electron chi connectivity index (χ3n) is 3.63. The highest BCUT2D eigenvalue weighted by Crippen LogP contribution is 2.26. The van der Waals surface area contributed by atoms with Gasteiger partial charge >= 0.3 is 0 Å². The molecule has 3 rings (SSSR count). The van der Waals surface area contributed by atoms with Crippen molar-refractivity contribution in [2.45, 2.75) is 32.4 Å². The second-order valence-corrected chi connectivity index (χ2v) is 5.21. The van der Waals surface area contributed by atoms with Gasteiger partial charge in [-0.15, -0.1) is 0 Å². The molecule has 4 nitrogen and oxygen atoms in total. The number of hydrogen-bond donors (Lipinski definition) is 0. The van der Waals surface area contributed by atoms with Crippen LogP contribution >= 0.6 is 0 Å². The fraction of sp³-hybridized carbons (Fsp3) is 0.375. The summed E-state index contributed by atoms with van der Waals surface area (Å²) in [7, 11) is 0. The van der Waals surface area contributed by atoms with E-state index in [2.05, 4.69) is 11.2 Å². The Morgan fingerprint density at radius 2 is 2.25 bits per heavy atom. The quantitative estimate of drug-likeness (QED) is 0.803. The molecule has 1 fully saturated rings. The normalized spacial score (nSPS) is 18.9. The van der Waals surface area contributed by atoms with Gasteiger partial charge in [0.2, 0.25) is 0 Å². The molecule has 0 radical (unpaired) electrons. The maximum absolute atomic E-state index is 11.3. The van der Waals surface area contributed by atoms with E-state index in [-0.39, 0.29) is 6.23 Å². The predicted octanol–water partition coefficient (Wildman–Crippen LogP) is 3.37. The first-order valence-electron chi connectivity index (χ1n) is 7.01. The van der Waals surface area contributed by atoms with Crippen molar-refractivity contribution in [1.29, 1.82) is 0 Å². The third-order valence-corrected chi connectivity index (χ3v) is 3.63. The number of carbonyl (C=O) groups excluding carboxylic acids is 1. The van der Waals surface area contributed by atoms with Crippen molar-refractivity contribution in [3.63, 3.8) is 0 Å². The van der Waals surface area contributed by atoms with Crippen LogP contribution in [0, 0.1) is 6.92 Å². The van der Waals surface area contributed by atoms with Crippen LogP contribution in [0.3, 0.4) is 0 Å². The molecule has 1 aromatic heterocycles. The average Bonchev–Trinajstić information content (AvgIpc) is 2.92. The third kappa shape index (κ3) is 2.51. The van der Waals surface area contributed by atoms with Gasteiger partial charge in [-0.3, -0.25) is 4.79 Å². The van der Waals surface area contributed by atoms with Crippen LogP contribution in [-0.2, 0) is 4.74 Å². The number of benzene rings is 1. The summed E-state index contributed by atoms with van der Waals surface area (Å²) in [5.41, 5.74) is 3.61. The number of aldehydes is 1. The van der Waals surface area contributed by atoms with Crippen molar-refractivity contribution < 1.29 is 9.53 Å². The molecule has 0 bridgehead atoms. The van der Waals surface area contributed by atoms with Gasteiger partial charge in [-0.25, -0.2) is 4.68 Å². The van der Waals surface area contributed by atoms with Gasteiger partial charge in [0.25, 0.3) is 0 Å². The van der Waals surface area contributed by atoms with Gasteiger partial charge in [0.15, 0.2) is 12.5 Å². The lowest BCUT2D eigenvalue weighted by atomic mass is 10.1. The molecule has 104 valence electrons. The molecule has 2 aromatic rings. The van der Waals surface area contributed by atoms with Crippen LogP contribution in [0.2, 0.25) is 0 Å². The van der Waals surface area contributed by atoms with Crippen molar-refractivity contribution in [3.05, 3.63) is 41.6 Å². The topological polar surface area (TPSA) is 44.1 Å². The minimum absolute atomic E-state index is 0.109. The Kier molecular flexibility index (Phi) is 3.65. The van der Waals surface area contributed by atoms with Crippen LogP contribution in [0.25, 0.3) is 11.3 Å². The minimum Gasteiger partial charge on any atom is -0.356 e. The highest BCUT2D eigenvalue weighted by Gasteiger charge is 2.20.